The van der Waals surface area contributed by atoms with Gasteiger partial charge < -0.3 is 5.73 Å². The molecule has 7 heteroatoms. The summed E-state index contributed by atoms with van der Waals surface area (Å²) in [5, 5.41) is 1.46. The summed E-state index contributed by atoms with van der Waals surface area (Å²) in [6.45, 7) is 9.89. The molecule has 0 radical (unpaired) electrons. The fourth-order valence-corrected chi connectivity index (χ4v) is 5.47. The van der Waals surface area contributed by atoms with Crippen LogP contribution >= 0.6 is 0 Å². The van der Waals surface area contributed by atoms with Crippen molar-refractivity contribution >= 4 is 23.5 Å². The fourth-order valence-electron chi connectivity index (χ4n) is 5.47. The Hall–Kier alpha value is -4.13. The quantitative estimate of drug-likeness (QED) is 0.391. The Morgan fingerprint density at radius 2 is 1.57 bits per heavy atom. The lowest BCUT2D eigenvalue weighted by Crippen LogP contribution is -2.57. The molecule has 0 saturated carbocycles. The van der Waals surface area contributed by atoms with Crippen LogP contribution in [0.3, 0.4) is 0 Å². The van der Waals surface area contributed by atoms with Crippen molar-refractivity contribution in [3.63, 3.8) is 0 Å². The van der Waals surface area contributed by atoms with Gasteiger partial charge in [-0.05, 0) is 66.8 Å². The number of nitrogens with one attached hydrogen (secondary N) is 1. The topological polar surface area (TPSA) is 95.7 Å². The van der Waals surface area contributed by atoms with Crippen LogP contribution in [-0.2, 0) is 9.59 Å². The molecule has 7 nitrogen and oxygen atoms in total. The van der Waals surface area contributed by atoms with Crippen LogP contribution in [0.1, 0.15) is 74.2 Å². The first-order valence-electron chi connectivity index (χ1n) is 13.8. The van der Waals surface area contributed by atoms with Gasteiger partial charge in [-0.15, -0.1) is 0 Å². The standard InChI is InChI=1S/C33H40N4O3/c1-22-14-16-25(17-15-22)28-19-26(24-11-7-6-8-12-24)20-29(31(39)37(28)35-30(38)21-33(3,4)5)36(32(34)40)27-13-9-10-23(2)18-27/h6-18,26,28-29H,19-21H2,1-5H3,(H2,34,40)(H,35,38)/t26-,28?,29-/m1/s1. The van der Waals surface area contributed by atoms with E-state index < -0.39 is 18.1 Å². The smallest absolute Gasteiger partial charge is 0.320 e. The summed E-state index contributed by atoms with van der Waals surface area (Å²) in [4.78, 5) is 42.2. The number of nitrogens with zero attached hydrogens (tertiary/aromatic N) is 2. The van der Waals surface area contributed by atoms with Crippen LogP contribution in [0.5, 0.6) is 0 Å². The van der Waals surface area contributed by atoms with E-state index in [1.54, 1.807) is 6.07 Å². The first kappa shape index (κ1) is 28.9. The van der Waals surface area contributed by atoms with E-state index in [9.17, 15) is 14.4 Å². The zero-order valence-electron chi connectivity index (χ0n) is 24.1. The Morgan fingerprint density at radius 3 is 2.17 bits per heavy atom. The molecule has 3 aromatic rings. The maximum atomic E-state index is 14.5. The van der Waals surface area contributed by atoms with E-state index in [1.165, 1.54) is 9.91 Å². The number of primary amides is 1. The molecule has 0 bridgehead atoms. The van der Waals surface area contributed by atoms with Gasteiger partial charge in [0.2, 0.25) is 5.91 Å². The van der Waals surface area contributed by atoms with E-state index in [-0.39, 0.29) is 29.6 Å². The average Bonchev–Trinajstić information content (AvgIpc) is 3.01. The molecule has 0 spiro atoms. The fraction of sp³-hybridized carbons (Fsp3) is 0.364. The molecule has 1 saturated heterocycles. The van der Waals surface area contributed by atoms with Gasteiger partial charge in [0.15, 0.2) is 0 Å². The van der Waals surface area contributed by atoms with E-state index in [0.717, 1.165) is 22.3 Å². The van der Waals surface area contributed by atoms with Crippen LogP contribution < -0.4 is 16.1 Å². The molecule has 0 aliphatic carbocycles. The van der Waals surface area contributed by atoms with Crippen molar-refractivity contribution in [2.75, 3.05) is 4.90 Å². The predicted octanol–water partition coefficient (Wildman–Crippen LogP) is 6.17. The van der Waals surface area contributed by atoms with Gasteiger partial charge in [-0.25, -0.2) is 9.80 Å². The summed E-state index contributed by atoms with van der Waals surface area (Å²) in [5.74, 6) is -0.708. The van der Waals surface area contributed by atoms with Crippen molar-refractivity contribution in [1.82, 2.24) is 10.4 Å². The number of amides is 4. The molecule has 4 rings (SSSR count). The second-order valence-corrected chi connectivity index (χ2v) is 12.0. The summed E-state index contributed by atoms with van der Waals surface area (Å²) < 4.78 is 0. The number of anilines is 1. The van der Waals surface area contributed by atoms with E-state index in [2.05, 4.69) is 5.43 Å². The van der Waals surface area contributed by atoms with Gasteiger partial charge in [-0.3, -0.25) is 19.9 Å². The Balaban J connectivity index is 1.86. The molecule has 1 aliphatic heterocycles. The van der Waals surface area contributed by atoms with Gasteiger partial charge in [0.1, 0.15) is 6.04 Å². The molecule has 40 heavy (non-hydrogen) atoms. The van der Waals surface area contributed by atoms with Gasteiger partial charge >= 0.3 is 6.03 Å². The first-order chi connectivity index (χ1) is 18.9. The zero-order chi connectivity index (χ0) is 29.0. The van der Waals surface area contributed by atoms with Gasteiger partial charge in [-0.1, -0.05) is 93.1 Å². The summed E-state index contributed by atoms with van der Waals surface area (Å²) >= 11 is 0. The molecule has 0 aromatic heterocycles. The monoisotopic (exact) mass is 540 g/mol. The molecule has 1 heterocycles. The van der Waals surface area contributed by atoms with Crippen LogP contribution in [0.25, 0.3) is 0 Å². The second-order valence-electron chi connectivity index (χ2n) is 12.0. The van der Waals surface area contributed by atoms with Crippen LogP contribution in [0, 0.1) is 19.3 Å². The number of aryl methyl sites for hydroxylation is 2. The minimum atomic E-state index is -0.921. The molecule has 1 fully saturated rings. The Morgan fingerprint density at radius 1 is 0.900 bits per heavy atom. The van der Waals surface area contributed by atoms with Gasteiger partial charge in [-0.2, -0.15) is 0 Å². The zero-order valence-corrected chi connectivity index (χ0v) is 24.1. The molecule has 3 aromatic carbocycles. The number of hydrogen-bond donors (Lipinski definition) is 2. The van der Waals surface area contributed by atoms with Crippen molar-refractivity contribution in [3.8, 4) is 0 Å². The number of benzene rings is 3. The number of hydrazine groups is 1. The highest BCUT2D eigenvalue weighted by Gasteiger charge is 2.43. The predicted molar refractivity (Wildman–Crippen MR) is 158 cm³/mol. The van der Waals surface area contributed by atoms with Crippen molar-refractivity contribution in [2.45, 2.75) is 71.9 Å². The molecule has 4 amide bonds. The second kappa shape index (κ2) is 11.9. The first-order valence-corrected chi connectivity index (χ1v) is 13.8. The summed E-state index contributed by atoms with van der Waals surface area (Å²) in [7, 11) is 0. The third-order valence-corrected chi connectivity index (χ3v) is 7.35. The molecule has 3 N–H and O–H groups in total. The number of hydrogen-bond acceptors (Lipinski definition) is 3. The maximum Gasteiger partial charge on any atom is 0.320 e. The average molecular weight is 541 g/mol. The molecule has 3 atom stereocenters. The normalized spacial score (nSPS) is 19.6. The Kier molecular flexibility index (Phi) is 8.62. The van der Waals surface area contributed by atoms with Crippen molar-refractivity contribution in [2.24, 2.45) is 11.1 Å². The molecule has 210 valence electrons. The van der Waals surface area contributed by atoms with E-state index >= 15 is 0 Å². The number of urea groups is 1. The van der Waals surface area contributed by atoms with Crippen molar-refractivity contribution in [3.05, 3.63) is 101 Å². The molecular weight excluding hydrogens is 500 g/mol. The highest BCUT2D eigenvalue weighted by Crippen LogP contribution is 2.40. The lowest BCUT2D eigenvalue weighted by atomic mass is 9.86. The van der Waals surface area contributed by atoms with Crippen LogP contribution in [0.15, 0.2) is 78.9 Å². The van der Waals surface area contributed by atoms with Crippen molar-refractivity contribution in [1.29, 1.82) is 0 Å². The summed E-state index contributed by atoms with van der Waals surface area (Å²) in [5.41, 5.74) is 13.2. The summed E-state index contributed by atoms with van der Waals surface area (Å²) in [6.07, 6.45) is 1.15. The minimum Gasteiger partial charge on any atom is -0.351 e. The number of carbonyl (C=O) groups excluding carboxylic acids is 3. The number of carbonyl (C=O) groups is 3. The van der Waals surface area contributed by atoms with Crippen molar-refractivity contribution < 1.29 is 14.4 Å². The third kappa shape index (κ3) is 6.89. The van der Waals surface area contributed by atoms with Gasteiger partial charge in [0, 0.05) is 12.1 Å². The van der Waals surface area contributed by atoms with E-state index in [1.807, 2.05) is 107 Å². The molecule has 1 unspecified atom stereocenters. The van der Waals surface area contributed by atoms with E-state index in [4.69, 9.17) is 5.73 Å². The SMILES string of the molecule is Cc1ccc(C2C[C@@H](c3ccccc3)C[C@@H](N(C(N)=O)c3cccc(C)c3)C(=O)N2NC(=O)CC(C)(C)C)cc1. The molecule has 1 aliphatic rings. The van der Waals surface area contributed by atoms with Crippen LogP contribution in [-0.4, -0.2) is 28.9 Å². The number of rotatable bonds is 6. The maximum absolute atomic E-state index is 14.5. The van der Waals surface area contributed by atoms with Gasteiger partial charge in [0.05, 0.1) is 6.04 Å². The van der Waals surface area contributed by atoms with E-state index in [0.29, 0.717) is 18.5 Å². The third-order valence-electron chi connectivity index (χ3n) is 7.35. The van der Waals surface area contributed by atoms with Crippen LogP contribution in [0.2, 0.25) is 0 Å². The van der Waals surface area contributed by atoms with Gasteiger partial charge in [0.25, 0.3) is 5.91 Å². The highest BCUT2D eigenvalue weighted by molar-refractivity contribution is 6.00. The lowest BCUT2D eigenvalue weighted by molar-refractivity contribution is -0.145. The summed E-state index contributed by atoms with van der Waals surface area (Å²) in [6, 6.07) is 23.4. The molecular formula is C33H40N4O3. The number of nitrogens with two attached hydrogens (primary N) is 1. The van der Waals surface area contributed by atoms with Crippen LogP contribution in [0.4, 0.5) is 10.5 Å². The minimum absolute atomic E-state index is 0.0855. The Labute approximate surface area is 237 Å². The lowest BCUT2D eigenvalue weighted by Gasteiger charge is -2.35. The Bertz CT molecular complexity index is 1350. The largest absolute Gasteiger partial charge is 0.351 e. The highest BCUT2D eigenvalue weighted by atomic mass is 16.2.